The molecule has 6 rings (SSSR count). The van der Waals surface area contributed by atoms with Gasteiger partial charge in [0.1, 0.15) is 18.1 Å². The Morgan fingerprint density at radius 2 is 1.69 bits per heavy atom. The number of hydrogen-bond acceptors (Lipinski definition) is 4. The van der Waals surface area contributed by atoms with Crippen LogP contribution in [0.25, 0.3) is 33.8 Å². The van der Waals surface area contributed by atoms with Gasteiger partial charge in [0, 0.05) is 35.6 Å². The third-order valence-electron chi connectivity index (χ3n) is 7.06. The van der Waals surface area contributed by atoms with Crippen LogP contribution in [-0.4, -0.2) is 48.7 Å². The Morgan fingerprint density at radius 3 is 2.50 bits per heavy atom. The number of rotatable bonds is 7. The van der Waals surface area contributed by atoms with Crippen molar-refractivity contribution in [1.29, 1.82) is 0 Å². The molecule has 0 atom stereocenters. The smallest absolute Gasteiger partial charge is 0.257 e. The van der Waals surface area contributed by atoms with Gasteiger partial charge in [-0.3, -0.25) is 9.69 Å². The summed E-state index contributed by atoms with van der Waals surface area (Å²) in [6, 6.07) is 22.2. The van der Waals surface area contributed by atoms with Crippen molar-refractivity contribution in [3.8, 4) is 22.6 Å². The third-order valence-corrected chi connectivity index (χ3v) is 7.06. The molecule has 1 aromatic heterocycles. The number of amides is 1. The van der Waals surface area contributed by atoms with Gasteiger partial charge in [0.15, 0.2) is 0 Å². The number of fused-ring (bicyclic) bond motifs is 2. The van der Waals surface area contributed by atoms with Crippen LogP contribution in [-0.2, 0) is 4.79 Å². The summed E-state index contributed by atoms with van der Waals surface area (Å²) >= 11 is 0. The standard InChI is InChI=1S/C30H29N3O3/c1-35-24-7-4-21(5-8-24)22-6-10-26-27(30(34)31-28(26)19-22)20-33-15-12-23-18-25(9-11-29(23)33)36-17-16-32-13-2-3-14-32/h4-12,15,18-20H,2-3,13-14,16-17H2,1H3,(H,31,34). The van der Waals surface area contributed by atoms with Crippen molar-refractivity contribution in [2.24, 2.45) is 0 Å². The minimum atomic E-state index is -0.0967. The number of carbonyl (C=O) groups is 1. The van der Waals surface area contributed by atoms with E-state index >= 15 is 0 Å². The first-order valence-corrected chi connectivity index (χ1v) is 12.5. The van der Waals surface area contributed by atoms with Crippen LogP contribution in [0.2, 0.25) is 0 Å². The van der Waals surface area contributed by atoms with Gasteiger partial charge in [-0.05, 0) is 79.5 Å². The topological polar surface area (TPSA) is 55.7 Å². The van der Waals surface area contributed by atoms with E-state index in [0.717, 1.165) is 51.3 Å². The molecule has 1 N–H and O–H groups in total. The lowest BCUT2D eigenvalue weighted by molar-refractivity contribution is -0.110. The number of hydrogen-bond donors (Lipinski definition) is 1. The van der Waals surface area contributed by atoms with Crippen LogP contribution in [0.15, 0.2) is 72.9 Å². The highest BCUT2D eigenvalue weighted by atomic mass is 16.5. The summed E-state index contributed by atoms with van der Waals surface area (Å²) < 4.78 is 13.3. The van der Waals surface area contributed by atoms with Gasteiger partial charge in [0.2, 0.25) is 0 Å². The van der Waals surface area contributed by atoms with E-state index in [4.69, 9.17) is 9.47 Å². The molecule has 0 saturated carbocycles. The molecule has 2 aliphatic rings. The SMILES string of the molecule is COc1ccc(-c2ccc3c(c2)NC(=O)C3=Cn2ccc3cc(OCCN4CCCC4)ccc32)cc1. The minimum Gasteiger partial charge on any atom is -0.497 e. The first-order chi connectivity index (χ1) is 17.7. The largest absolute Gasteiger partial charge is 0.497 e. The number of benzene rings is 3. The average Bonchev–Trinajstić information content (AvgIpc) is 3.64. The molecule has 0 spiro atoms. The van der Waals surface area contributed by atoms with Crippen molar-refractivity contribution >= 4 is 34.3 Å². The normalized spacial score (nSPS) is 16.5. The Hall–Kier alpha value is -4.03. The Balaban J connectivity index is 1.22. The lowest BCUT2D eigenvalue weighted by atomic mass is 10.0. The first-order valence-electron chi connectivity index (χ1n) is 12.5. The van der Waals surface area contributed by atoms with Crippen LogP contribution in [0.3, 0.4) is 0 Å². The summed E-state index contributed by atoms with van der Waals surface area (Å²) in [4.78, 5) is 15.3. The van der Waals surface area contributed by atoms with Crippen molar-refractivity contribution in [1.82, 2.24) is 9.47 Å². The molecule has 182 valence electrons. The molecular formula is C30H29N3O3. The molecule has 6 heteroatoms. The molecule has 3 heterocycles. The summed E-state index contributed by atoms with van der Waals surface area (Å²) in [6.45, 7) is 4.03. The molecule has 2 aliphatic heterocycles. The predicted octanol–water partition coefficient (Wildman–Crippen LogP) is 5.74. The molecule has 1 fully saturated rings. The number of methoxy groups -OCH3 is 1. The fourth-order valence-electron chi connectivity index (χ4n) is 5.07. The van der Waals surface area contributed by atoms with Gasteiger partial charge in [0.05, 0.1) is 18.2 Å². The molecule has 0 radical (unpaired) electrons. The van der Waals surface area contributed by atoms with Gasteiger partial charge in [-0.1, -0.05) is 24.3 Å². The predicted molar refractivity (Wildman–Crippen MR) is 144 cm³/mol. The van der Waals surface area contributed by atoms with Gasteiger partial charge in [-0.15, -0.1) is 0 Å². The lowest BCUT2D eigenvalue weighted by Crippen LogP contribution is -2.25. The first kappa shape index (κ1) is 22.4. The molecule has 4 aromatic rings. The Morgan fingerprint density at radius 1 is 0.917 bits per heavy atom. The third kappa shape index (κ3) is 4.36. The monoisotopic (exact) mass is 479 g/mol. The quantitative estimate of drug-likeness (QED) is 0.344. The van der Waals surface area contributed by atoms with E-state index < -0.39 is 0 Å². The zero-order valence-corrected chi connectivity index (χ0v) is 20.4. The zero-order valence-electron chi connectivity index (χ0n) is 20.4. The highest BCUT2D eigenvalue weighted by molar-refractivity contribution is 6.34. The minimum absolute atomic E-state index is 0.0967. The van der Waals surface area contributed by atoms with Crippen LogP contribution in [0.5, 0.6) is 11.5 Å². The number of aromatic nitrogens is 1. The summed E-state index contributed by atoms with van der Waals surface area (Å²) in [6.07, 6.45) is 6.48. The molecule has 1 amide bonds. The molecule has 3 aromatic carbocycles. The maximum atomic E-state index is 12.9. The van der Waals surface area contributed by atoms with Crippen LogP contribution in [0.4, 0.5) is 5.69 Å². The van der Waals surface area contributed by atoms with E-state index in [-0.39, 0.29) is 5.91 Å². The maximum Gasteiger partial charge on any atom is 0.257 e. The van der Waals surface area contributed by atoms with Crippen molar-refractivity contribution in [3.63, 3.8) is 0 Å². The summed E-state index contributed by atoms with van der Waals surface area (Å²) in [5.41, 5.74) is 5.52. The highest BCUT2D eigenvalue weighted by Crippen LogP contribution is 2.36. The van der Waals surface area contributed by atoms with Gasteiger partial charge in [-0.2, -0.15) is 0 Å². The van der Waals surface area contributed by atoms with E-state index in [1.165, 1.54) is 25.9 Å². The zero-order chi connectivity index (χ0) is 24.5. The van der Waals surface area contributed by atoms with Crippen LogP contribution < -0.4 is 14.8 Å². The molecule has 0 bridgehead atoms. The number of nitrogens with zero attached hydrogens (tertiary/aromatic N) is 2. The number of nitrogens with one attached hydrogen (secondary N) is 1. The Labute approximate surface area is 210 Å². The second kappa shape index (κ2) is 9.55. The molecule has 0 aliphatic carbocycles. The van der Waals surface area contributed by atoms with Crippen LogP contribution in [0.1, 0.15) is 18.4 Å². The van der Waals surface area contributed by atoms with Crippen LogP contribution in [0, 0.1) is 0 Å². The van der Waals surface area contributed by atoms with Gasteiger partial charge < -0.3 is 19.4 Å². The van der Waals surface area contributed by atoms with E-state index in [1.807, 2.05) is 65.5 Å². The van der Waals surface area contributed by atoms with E-state index in [9.17, 15) is 4.79 Å². The Kier molecular flexibility index (Phi) is 5.95. The summed E-state index contributed by atoms with van der Waals surface area (Å²) in [5, 5.41) is 4.11. The molecular weight excluding hydrogens is 450 g/mol. The van der Waals surface area contributed by atoms with Crippen molar-refractivity contribution in [2.75, 3.05) is 38.7 Å². The average molecular weight is 480 g/mol. The molecule has 0 unspecified atom stereocenters. The maximum absolute atomic E-state index is 12.9. The van der Waals surface area contributed by atoms with Crippen molar-refractivity contribution < 1.29 is 14.3 Å². The number of carbonyl (C=O) groups excluding carboxylic acids is 1. The van der Waals surface area contributed by atoms with E-state index in [1.54, 1.807) is 7.11 Å². The number of likely N-dealkylation sites (tertiary alicyclic amines) is 1. The number of anilines is 1. The second-order valence-corrected chi connectivity index (χ2v) is 9.33. The molecule has 1 saturated heterocycles. The van der Waals surface area contributed by atoms with E-state index in [0.29, 0.717) is 12.2 Å². The van der Waals surface area contributed by atoms with Crippen molar-refractivity contribution in [2.45, 2.75) is 12.8 Å². The summed E-state index contributed by atoms with van der Waals surface area (Å²) in [7, 11) is 1.66. The highest BCUT2D eigenvalue weighted by Gasteiger charge is 2.25. The number of ether oxygens (including phenoxy) is 2. The second-order valence-electron chi connectivity index (χ2n) is 9.33. The Bertz CT molecular complexity index is 1450. The van der Waals surface area contributed by atoms with Crippen LogP contribution >= 0.6 is 0 Å². The fourth-order valence-corrected chi connectivity index (χ4v) is 5.07. The molecule has 36 heavy (non-hydrogen) atoms. The molecule has 6 nitrogen and oxygen atoms in total. The van der Waals surface area contributed by atoms with Gasteiger partial charge in [0.25, 0.3) is 5.91 Å². The van der Waals surface area contributed by atoms with E-state index in [2.05, 4.69) is 28.4 Å². The van der Waals surface area contributed by atoms with Gasteiger partial charge in [-0.25, -0.2) is 0 Å². The van der Waals surface area contributed by atoms with Crippen molar-refractivity contribution in [3.05, 3.63) is 78.5 Å². The summed E-state index contributed by atoms with van der Waals surface area (Å²) in [5.74, 6) is 1.60. The van der Waals surface area contributed by atoms with Gasteiger partial charge >= 0.3 is 0 Å². The fraction of sp³-hybridized carbons (Fsp3) is 0.233. The lowest BCUT2D eigenvalue weighted by Gasteiger charge is -2.15.